The lowest BCUT2D eigenvalue weighted by molar-refractivity contribution is -0.133. The van der Waals surface area contributed by atoms with Crippen LogP contribution in [-0.4, -0.2) is 42.5 Å². The highest BCUT2D eigenvalue weighted by molar-refractivity contribution is 5.78. The Hall–Kier alpha value is -2.04. The fourth-order valence-corrected chi connectivity index (χ4v) is 2.57. The molecule has 2 amide bonds. The summed E-state index contributed by atoms with van der Waals surface area (Å²) in [5.74, 6) is 1.00. The minimum Gasteiger partial charge on any atom is -0.493 e. The van der Waals surface area contributed by atoms with Crippen molar-refractivity contribution in [1.29, 1.82) is 0 Å². The van der Waals surface area contributed by atoms with E-state index >= 15 is 0 Å². The number of ether oxygens (including phenoxy) is 1. The lowest BCUT2D eigenvalue weighted by Crippen LogP contribution is -2.47. The van der Waals surface area contributed by atoms with Crippen LogP contribution in [0.4, 0.5) is 0 Å². The predicted octanol–water partition coefficient (Wildman–Crippen LogP) is 2.22. The highest BCUT2D eigenvalue weighted by Gasteiger charge is 2.24. The quantitative estimate of drug-likeness (QED) is 0.875. The molecule has 1 heterocycles. The number of rotatable bonds is 6. The summed E-state index contributed by atoms with van der Waals surface area (Å²) in [5.41, 5.74) is 0. The van der Waals surface area contributed by atoms with Gasteiger partial charge in [0, 0.05) is 25.0 Å². The van der Waals surface area contributed by atoms with E-state index in [1.807, 2.05) is 49.1 Å². The third kappa shape index (κ3) is 5.58. The highest BCUT2D eigenvalue weighted by Crippen LogP contribution is 2.13. The zero-order valence-corrected chi connectivity index (χ0v) is 14.0. The Labute approximate surface area is 138 Å². The van der Waals surface area contributed by atoms with Gasteiger partial charge in [-0.15, -0.1) is 0 Å². The number of piperidine rings is 1. The van der Waals surface area contributed by atoms with Crippen molar-refractivity contribution in [3.05, 3.63) is 30.3 Å². The molecule has 126 valence electrons. The Bertz CT molecular complexity index is 508. The van der Waals surface area contributed by atoms with E-state index in [1.165, 1.54) is 0 Å². The van der Waals surface area contributed by atoms with Crippen LogP contribution in [0.2, 0.25) is 0 Å². The number of likely N-dealkylation sites (tertiary alicyclic amines) is 1. The maximum Gasteiger partial charge on any atom is 0.225 e. The van der Waals surface area contributed by atoms with E-state index in [4.69, 9.17) is 4.74 Å². The van der Waals surface area contributed by atoms with Gasteiger partial charge in [-0.3, -0.25) is 9.59 Å². The van der Waals surface area contributed by atoms with Gasteiger partial charge in [0.15, 0.2) is 0 Å². The first kappa shape index (κ1) is 17.3. The molecule has 0 atom stereocenters. The number of hydrogen-bond donors (Lipinski definition) is 1. The molecule has 23 heavy (non-hydrogen) atoms. The molecule has 0 saturated carbocycles. The lowest BCUT2D eigenvalue weighted by atomic mass is 10.0. The predicted molar refractivity (Wildman–Crippen MR) is 89.1 cm³/mol. The van der Waals surface area contributed by atoms with E-state index in [0.717, 1.165) is 18.6 Å². The van der Waals surface area contributed by atoms with Crippen molar-refractivity contribution < 1.29 is 14.3 Å². The second-order valence-corrected chi connectivity index (χ2v) is 6.23. The minimum absolute atomic E-state index is 0.00444. The van der Waals surface area contributed by atoms with Crippen LogP contribution in [0.25, 0.3) is 0 Å². The molecular formula is C18H26N2O3. The monoisotopic (exact) mass is 318 g/mol. The van der Waals surface area contributed by atoms with Gasteiger partial charge in [0.1, 0.15) is 5.75 Å². The van der Waals surface area contributed by atoms with Gasteiger partial charge in [-0.1, -0.05) is 32.0 Å². The Balaban J connectivity index is 1.66. The van der Waals surface area contributed by atoms with Gasteiger partial charge in [-0.2, -0.15) is 0 Å². The first-order valence-electron chi connectivity index (χ1n) is 8.32. The van der Waals surface area contributed by atoms with Gasteiger partial charge in [0.2, 0.25) is 11.8 Å². The summed E-state index contributed by atoms with van der Waals surface area (Å²) < 4.78 is 5.56. The number of benzene rings is 1. The van der Waals surface area contributed by atoms with Gasteiger partial charge in [0.05, 0.1) is 13.0 Å². The van der Waals surface area contributed by atoms with Crippen LogP contribution in [0.1, 0.15) is 33.1 Å². The molecule has 1 aliphatic rings. The van der Waals surface area contributed by atoms with Crippen LogP contribution in [0.5, 0.6) is 5.75 Å². The standard InChI is InChI=1S/C18H26N2O3/c1-14(2)18(22)19-15-8-11-20(12-9-15)17(21)10-13-23-16-6-4-3-5-7-16/h3-7,14-15H,8-13H2,1-2H3,(H,19,22). The molecule has 0 unspecified atom stereocenters. The molecule has 1 aromatic carbocycles. The van der Waals surface area contributed by atoms with Crippen LogP contribution in [-0.2, 0) is 9.59 Å². The molecular weight excluding hydrogens is 292 g/mol. The van der Waals surface area contributed by atoms with E-state index in [-0.39, 0.29) is 23.8 Å². The smallest absolute Gasteiger partial charge is 0.225 e. The van der Waals surface area contributed by atoms with Crippen LogP contribution < -0.4 is 10.1 Å². The molecule has 5 nitrogen and oxygen atoms in total. The number of amides is 2. The lowest BCUT2D eigenvalue weighted by Gasteiger charge is -2.32. The molecule has 1 fully saturated rings. The van der Waals surface area contributed by atoms with Gasteiger partial charge in [0.25, 0.3) is 0 Å². The third-order valence-corrected chi connectivity index (χ3v) is 4.05. The zero-order chi connectivity index (χ0) is 16.7. The number of nitrogens with zero attached hydrogens (tertiary/aromatic N) is 1. The topological polar surface area (TPSA) is 58.6 Å². The number of nitrogens with one attached hydrogen (secondary N) is 1. The Kier molecular flexibility index (Phi) is 6.44. The summed E-state index contributed by atoms with van der Waals surface area (Å²) in [6.07, 6.45) is 2.03. The van der Waals surface area contributed by atoms with Crippen molar-refractivity contribution in [3.8, 4) is 5.75 Å². The van der Waals surface area contributed by atoms with Gasteiger partial charge < -0.3 is 15.0 Å². The SMILES string of the molecule is CC(C)C(=O)NC1CCN(C(=O)CCOc2ccccc2)CC1. The number of carbonyl (C=O) groups is 2. The number of hydrogen-bond acceptors (Lipinski definition) is 3. The van der Waals surface area contributed by atoms with Crippen LogP contribution in [0, 0.1) is 5.92 Å². The normalized spacial score (nSPS) is 15.5. The fourth-order valence-electron chi connectivity index (χ4n) is 2.57. The van der Waals surface area contributed by atoms with Gasteiger partial charge in [-0.25, -0.2) is 0 Å². The van der Waals surface area contributed by atoms with Crippen molar-refractivity contribution >= 4 is 11.8 Å². The van der Waals surface area contributed by atoms with Crippen LogP contribution in [0.3, 0.4) is 0 Å². The molecule has 5 heteroatoms. The maximum atomic E-state index is 12.2. The van der Waals surface area contributed by atoms with E-state index in [2.05, 4.69) is 5.32 Å². The van der Waals surface area contributed by atoms with E-state index in [0.29, 0.717) is 26.1 Å². The molecule has 0 aliphatic carbocycles. The molecule has 1 N–H and O–H groups in total. The van der Waals surface area contributed by atoms with Crippen molar-refractivity contribution in [2.24, 2.45) is 5.92 Å². The first-order chi connectivity index (χ1) is 11.1. The molecule has 0 aromatic heterocycles. The summed E-state index contributed by atoms with van der Waals surface area (Å²) in [5, 5.41) is 3.04. The van der Waals surface area contributed by atoms with E-state index in [1.54, 1.807) is 0 Å². The third-order valence-electron chi connectivity index (χ3n) is 4.05. The summed E-state index contributed by atoms with van der Waals surface area (Å²) >= 11 is 0. The Morgan fingerprint density at radius 2 is 1.87 bits per heavy atom. The molecule has 1 aliphatic heterocycles. The number of para-hydroxylation sites is 1. The molecule has 1 saturated heterocycles. The second-order valence-electron chi connectivity index (χ2n) is 6.23. The second kappa shape index (κ2) is 8.56. The fraction of sp³-hybridized carbons (Fsp3) is 0.556. The Morgan fingerprint density at radius 1 is 1.22 bits per heavy atom. The average molecular weight is 318 g/mol. The van der Waals surface area contributed by atoms with Gasteiger partial charge in [-0.05, 0) is 25.0 Å². The molecule has 0 radical (unpaired) electrons. The largest absolute Gasteiger partial charge is 0.493 e. The van der Waals surface area contributed by atoms with Crippen LogP contribution in [0.15, 0.2) is 30.3 Å². The van der Waals surface area contributed by atoms with Crippen molar-refractivity contribution in [1.82, 2.24) is 10.2 Å². The molecule has 1 aromatic rings. The first-order valence-corrected chi connectivity index (χ1v) is 8.32. The maximum absolute atomic E-state index is 12.2. The summed E-state index contributed by atoms with van der Waals surface area (Å²) in [6.45, 7) is 5.58. The number of carbonyl (C=O) groups excluding carboxylic acids is 2. The minimum atomic E-state index is 0.00444. The van der Waals surface area contributed by atoms with E-state index in [9.17, 15) is 9.59 Å². The van der Waals surface area contributed by atoms with Crippen molar-refractivity contribution in [2.75, 3.05) is 19.7 Å². The van der Waals surface area contributed by atoms with Crippen molar-refractivity contribution in [2.45, 2.75) is 39.2 Å². The highest BCUT2D eigenvalue weighted by atomic mass is 16.5. The molecule has 2 rings (SSSR count). The average Bonchev–Trinajstić information content (AvgIpc) is 2.56. The van der Waals surface area contributed by atoms with Crippen LogP contribution >= 0.6 is 0 Å². The van der Waals surface area contributed by atoms with Crippen molar-refractivity contribution in [3.63, 3.8) is 0 Å². The van der Waals surface area contributed by atoms with E-state index < -0.39 is 0 Å². The Morgan fingerprint density at radius 3 is 2.48 bits per heavy atom. The van der Waals surface area contributed by atoms with Gasteiger partial charge >= 0.3 is 0 Å². The zero-order valence-electron chi connectivity index (χ0n) is 14.0. The summed E-state index contributed by atoms with van der Waals surface area (Å²) in [4.78, 5) is 25.7. The molecule has 0 bridgehead atoms. The summed E-state index contributed by atoms with van der Waals surface area (Å²) in [7, 11) is 0. The molecule has 0 spiro atoms. The summed E-state index contributed by atoms with van der Waals surface area (Å²) in [6, 6.07) is 9.70.